The van der Waals surface area contributed by atoms with Crippen LogP contribution in [0.1, 0.15) is 57.8 Å². The van der Waals surface area contributed by atoms with Crippen LogP contribution in [0.25, 0.3) is 0 Å². The van der Waals surface area contributed by atoms with Gasteiger partial charge in [-0.15, -0.1) is 0 Å². The van der Waals surface area contributed by atoms with E-state index in [4.69, 9.17) is 0 Å². The van der Waals surface area contributed by atoms with Crippen LogP contribution >= 0.6 is 0 Å². The SMILES string of the molecule is O=C1CCCCN1CCCC(=O)N1C[C@H]2CCC[C@@H](C2)C1. The van der Waals surface area contributed by atoms with E-state index in [0.29, 0.717) is 18.7 Å². The van der Waals surface area contributed by atoms with Gasteiger partial charge in [-0.3, -0.25) is 9.59 Å². The average Bonchev–Trinajstić information content (AvgIpc) is 2.48. The quantitative estimate of drug-likeness (QED) is 0.798. The van der Waals surface area contributed by atoms with Crippen molar-refractivity contribution >= 4 is 11.8 Å². The van der Waals surface area contributed by atoms with Crippen LogP contribution in [0.15, 0.2) is 0 Å². The molecule has 118 valence electrons. The topological polar surface area (TPSA) is 40.6 Å². The molecular weight excluding hydrogens is 264 g/mol. The standard InChI is InChI=1S/C17H28N2O2/c20-16-7-1-2-9-18(16)10-4-8-17(21)19-12-14-5-3-6-15(11-14)13-19/h14-15H,1-13H2/t14-,15-/m0/s1. The zero-order valence-corrected chi connectivity index (χ0v) is 13.1. The summed E-state index contributed by atoms with van der Waals surface area (Å²) in [6.07, 6.45) is 9.61. The first kappa shape index (κ1) is 14.9. The van der Waals surface area contributed by atoms with Crippen LogP contribution in [0.4, 0.5) is 0 Å². The van der Waals surface area contributed by atoms with Crippen LogP contribution in [0.2, 0.25) is 0 Å². The van der Waals surface area contributed by atoms with Crippen molar-refractivity contribution < 1.29 is 9.59 Å². The molecule has 0 aromatic heterocycles. The van der Waals surface area contributed by atoms with E-state index in [1.165, 1.54) is 25.7 Å². The Kier molecular flexibility index (Phi) is 4.81. The molecule has 4 heteroatoms. The van der Waals surface area contributed by atoms with Crippen molar-refractivity contribution in [1.82, 2.24) is 9.80 Å². The number of likely N-dealkylation sites (tertiary alicyclic amines) is 2. The smallest absolute Gasteiger partial charge is 0.222 e. The Hall–Kier alpha value is -1.06. The third kappa shape index (κ3) is 3.78. The Labute approximate surface area is 127 Å². The maximum absolute atomic E-state index is 12.4. The summed E-state index contributed by atoms with van der Waals surface area (Å²) in [7, 11) is 0. The molecule has 2 bridgehead atoms. The zero-order valence-electron chi connectivity index (χ0n) is 13.1. The van der Waals surface area contributed by atoms with Gasteiger partial charge in [0, 0.05) is 39.0 Å². The molecule has 0 radical (unpaired) electrons. The highest BCUT2D eigenvalue weighted by Crippen LogP contribution is 2.34. The minimum Gasteiger partial charge on any atom is -0.343 e. The zero-order chi connectivity index (χ0) is 14.7. The summed E-state index contributed by atoms with van der Waals surface area (Å²) in [4.78, 5) is 28.2. The highest BCUT2D eigenvalue weighted by atomic mass is 16.2. The summed E-state index contributed by atoms with van der Waals surface area (Å²) in [5.41, 5.74) is 0. The molecule has 0 unspecified atom stereocenters. The largest absolute Gasteiger partial charge is 0.343 e. The van der Waals surface area contributed by atoms with E-state index in [-0.39, 0.29) is 5.91 Å². The summed E-state index contributed by atoms with van der Waals surface area (Å²) < 4.78 is 0. The van der Waals surface area contributed by atoms with Gasteiger partial charge in [0.15, 0.2) is 0 Å². The molecule has 3 rings (SSSR count). The van der Waals surface area contributed by atoms with Gasteiger partial charge in [-0.2, -0.15) is 0 Å². The molecule has 4 nitrogen and oxygen atoms in total. The van der Waals surface area contributed by atoms with E-state index < -0.39 is 0 Å². The van der Waals surface area contributed by atoms with E-state index in [1.54, 1.807) is 0 Å². The molecule has 2 atom stereocenters. The monoisotopic (exact) mass is 292 g/mol. The van der Waals surface area contributed by atoms with Gasteiger partial charge in [0.1, 0.15) is 0 Å². The van der Waals surface area contributed by atoms with E-state index in [2.05, 4.69) is 4.90 Å². The molecule has 2 aliphatic heterocycles. The van der Waals surface area contributed by atoms with Crippen LogP contribution in [-0.4, -0.2) is 47.8 Å². The second-order valence-corrected chi connectivity index (χ2v) is 7.14. The molecule has 3 aliphatic rings. The first-order chi connectivity index (χ1) is 10.2. The van der Waals surface area contributed by atoms with Crippen LogP contribution < -0.4 is 0 Å². The van der Waals surface area contributed by atoms with Gasteiger partial charge in [-0.25, -0.2) is 0 Å². The van der Waals surface area contributed by atoms with Crippen molar-refractivity contribution in [3.8, 4) is 0 Å². The Balaban J connectivity index is 1.40. The van der Waals surface area contributed by atoms with Crippen molar-refractivity contribution in [2.24, 2.45) is 11.8 Å². The maximum atomic E-state index is 12.4. The number of rotatable bonds is 4. The van der Waals surface area contributed by atoms with Crippen LogP contribution in [-0.2, 0) is 9.59 Å². The van der Waals surface area contributed by atoms with E-state index in [9.17, 15) is 9.59 Å². The summed E-state index contributed by atoms with van der Waals surface area (Å²) in [6.45, 7) is 3.63. The Morgan fingerprint density at radius 2 is 1.86 bits per heavy atom. The minimum absolute atomic E-state index is 0.279. The molecule has 1 saturated carbocycles. The van der Waals surface area contributed by atoms with Crippen LogP contribution in [0.3, 0.4) is 0 Å². The van der Waals surface area contributed by atoms with Crippen molar-refractivity contribution in [3.05, 3.63) is 0 Å². The molecular formula is C17H28N2O2. The van der Waals surface area contributed by atoms with Gasteiger partial charge < -0.3 is 9.80 Å². The lowest BCUT2D eigenvalue weighted by Gasteiger charge is -2.41. The number of hydrogen-bond donors (Lipinski definition) is 0. The van der Waals surface area contributed by atoms with Crippen molar-refractivity contribution in [1.29, 1.82) is 0 Å². The van der Waals surface area contributed by atoms with Gasteiger partial charge >= 0.3 is 0 Å². The second kappa shape index (κ2) is 6.80. The van der Waals surface area contributed by atoms with Gasteiger partial charge in [0.2, 0.25) is 11.8 Å². The maximum Gasteiger partial charge on any atom is 0.222 e. The number of hydrogen-bond acceptors (Lipinski definition) is 2. The minimum atomic E-state index is 0.279. The molecule has 0 aromatic rings. The predicted octanol–water partition coefficient (Wildman–Crippen LogP) is 2.43. The summed E-state index contributed by atoms with van der Waals surface area (Å²) >= 11 is 0. The molecule has 2 saturated heterocycles. The molecule has 21 heavy (non-hydrogen) atoms. The third-order valence-corrected chi connectivity index (χ3v) is 5.44. The Bertz CT molecular complexity index is 384. The summed E-state index contributed by atoms with van der Waals surface area (Å²) in [5, 5.41) is 0. The van der Waals surface area contributed by atoms with E-state index in [0.717, 1.165) is 57.3 Å². The fraction of sp³-hybridized carbons (Fsp3) is 0.882. The molecule has 0 aromatic carbocycles. The number of carbonyl (C=O) groups excluding carboxylic acids is 2. The Morgan fingerprint density at radius 3 is 2.57 bits per heavy atom. The van der Waals surface area contributed by atoms with Gasteiger partial charge in [0.25, 0.3) is 0 Å². The highest BCUT2D eigenvalue weighted by Gasteiger charge is 2.32. The lowest BCUT2D eigenvalue weighted by Crippen LogP contribution is -2.45. The fourth-order valence-electron chi connectivity index (χ4n) is 4.31. The number of nitrogens with zero attached hydrogens (tertiary/aromatic N) is 2. The predicted molar refractivity (Wildman–Crippen MR) is 81.7 cm³/mol. The summed E-state index contributed by atoms with van der Waals surface area (Å²) in [6, 6.07) is 0. The molecule has 2 amide bonds. The molecule has 0 spiro atoms. The first-order valence-corrected chi connectivity index (χ1v) is 8.78. The number of carbonyl (C=O) groups is 2. The van der Waals surface area contributed by atoms with Crippen LogP contribution in [0, 0.1) is 11.8 Å². The average molecular weight is 292 g/mol. The van der Waals surface area contributed by atoms with E-state index in [1.807, 2.05) is 4.90 Å². The van der Waals surface area contributed by atoms with Crippen molar-refractivity contribution in [3.63, 3.8) is 0 Å². The van der Waals surface area contributed by atoms with Gasteiger partial charge in [0.05, 0.1) is 0 Å². The first-order valence-electron chi connectivity index (χ1n) is 8.78. The number of fused-ring (bicyclic) bond motifs is 2. The van der Waals surface area contributed by atoms with Crippen molar-refractivity contribution in [2.75, 3.05) is 26.2 Å². The number of amides is 2. The molecule has 2 heterocycles. The lowest BCUT2D eigenvalue weighted by molar-refractivity contribution is -0.137. The second-order valence-electron chi connectivity index (χ2n) is 7.14. The van der Waals surface area contributed by atoms with Crippen molar-refractivity contribution in [2.45, 2.75) is 57.8 Å². The Morgan fingerprint density at radius 1 is 1.10 bits per heavy atom. The molecule has 0 N–H and O–H groups in total. The number of piperidine rings is 2. The third-order valence-electron chi connectivity index (χ3n) is 5.44. The lowest BCUT2D eigenvalue weighted by atomic mass is 9.78. The van der Waals surface area contributed by atoms with Crippen LogP contribution in [0.5, 0.6) is 0 Å². The fourth-order valence-corrected chi connectivity index (χ4v) is 4.31. The highest BCUT2D eigenvalue weighted by molar-refractivity contribution is 5.77. The molecule has 1 aliphatic carbocycles. The normalized spacial score (nSPS) is 29.6. The van der Waals surface area contributed by atoms with Gasteiger partial charge in [-0.05, 0) is 50.4 Å². The molecule has 3 fully saturated rings. The van der Waals surface area contributed by atoms with Gasteiger partial charge in [-0.1, -0.05) is 6.42 Å². The van der Waals surface area contributed by atoms with E-state index >= 15 is 0 Å². The summed E-state index contributed by atoms with van der Waals surface area (Å²) in [5.74, 6) is 2.10.